The number of rotatable bonds is 2. The second-order valence-electron chi connectivity index (χ2n) is 7.31. The van der Waals surface area contributed by atoms with Crippen LogP contribution in [0.15, 0.2) is 108 Å². The molecule has 0 aliphatic carbocycles. The summed E-state index contributed by atoms with van der Waals surface area (Å²) in [6, 6.07) is 36.0. The summed E-state index contributed by atoms with van der Waals surface area (Å²) in [6.07, 6.45) is -0.218. The number of nitrogens with zero attached hydrogens (tertiary/aromatic N) is 2. The van der Waals surface area contributed by atoms with Gasteiger partial charge in [-0.3, -0.25) is 0 Å². The Labute approximate surface area is 168 Å². The monoisotopic (exact) mass is 373 g/mol. The van der Waals surface area contributed by atoms with Crippen molar-refractivity contribution in [1.82, 2.24) is 4.57 Å². The van der Waals surface area contributed by atoms with Gasteiger partial charge < -0.3 is 9.88 Å². The number of nitrogens with one attached hydrogen (secondary N) is 1. The van der Waals surface area contributed by atoms with E-state index in [-0.39, 0.29) is 6.29 Å². The number of aliphatic imine (C=N–C) groups is 1. The Kier molecular flexibility index (Phi) is 3.53. The molecule has 0 saturated carbocycles. The number of hydrogen-bond donors (Lipinski definition) is 1. The lowest BCUT2D eigenvalue weighted by molar-refractivity contribution is 0.624. The van der Waals surface area contributed by atoms with Gasteiger partial charge in [0.25, 0.3) is 0 Å². The molecule has 0 saturated heterocycles. The van der Waals surface area contributed by atoms with Crippen LogP contribution in [0, 0.1) is 0 Å². The fraction of sp³-hybridized carbons (Fsp3) is 0.0385. The largest absolute Gasteiger partial charge is 0.346 e. The molecule has 0 amide bonds. The minimum atomic E-state index is -0.218. The van der Waals surface area contributed by atoms with Crippen molar-refractivity contribution in [2.45, 2.75) is 6.29 Å². The maximum Gasteiger partial charge on any atom is 0.201 e. The second-order valence-corrected chi connectivity index (χ2v) is 7.31. The molecular weight excluding hydrogens is 354 g/mol. The lowest BCUT2D eigenvalue weighted by Crippen LogP contribution is -2.24. The van der Waals surface area contributed by atoms with E-state index in [1.54, 1.807) is 0 Å². The van der Waals surface area contributed by atoms with Gasteiger partial charge in [-0.15, -0.1) is 0 Å². The van der Waals surface area contributed by atoms with E-state index in [0.717, 1.165) is 22.5 Å². The van der Waals surface area contributed by atoms with Gasteiger partial charge >= 0.3 is 0 Å². The van der Waals surface area contributed by atoms with Crippen molar-refractivity contribution in [2.24, 2.45) is 4.99 Å². The van der Waals surface area contributed by atoms with Crippen LogP contribution >= 0.6 is 0 Å². The Hall–Kier alpha value is -3.85. The summed E-state index contributed by atoms with van der Waals surface area (Å²) >= 11 is 0. The average Bonchev–Trinajstić information content (AvgIpc) is 3.13. The fourth-order valence-corrected chi connectivity index (χ4v) is 4.34. The van der Waals surface area contributed by atoms with Gasteiger partial charge in [0.1, 0.15) is 0 Å². The maximum atomic E-state index is 5.20. The van der Waals surface area contributed by atoms with Crippen molar-refractivity contribution < 1.29 is 0 Å². The van der Waals surface area contributed by atoms with Crippen molar-refractivity contribution in [3.8, 4) is 0 Å². The van der Waals surface area contributed by atoms with Crippen LogP contribution in [-0.2, 0) is 0 Å². The average molecular weight is 373 g/mol. The number of fused-ring (bicyclic) bond motifs is 4. The molecule has 1 aliphatic heterocycles. The first-order valence-electron chi connectivity index (χ1n) is 9.87. The standard InChI is InChI=1S/C26H19N3/c1-2-10-18(11-3-1)25-21-14-4-7-15-22(21)27-26(28-25)29-23-16-8-5-12-19(23)20-13-6-9-17-24(20)29/h1-17,26-27H. The molecule has 1 aromatic heterocycles. The summed E-state index contributed by atoms with van der Waals surface area (Å²) in [5.41, 5.74) is 6.76. The van der Waals surface area contributed by atoms with Crippen molar-refractivity contribution in [3.63, 3.8) is 0 Å². The Morgan fingerprint density at radius 1 is 0.621 bits per heavy atom. The third kappa shape index (κ3) is 2.48. The highest BCUT2D eigenvalue weighted by molar-refractivity contribution is 6.17. The SMILES string of the molecule is c1ccc(C2=NC(n3c4ccccc4c4ccccc43)Nc3ccccc32)cc1. The van der Waals surface area contributed by atoms with E-state index >= 15 is 0 Å². The molecular formula is C26H19N3. The smallest absolute Gasteiger partial charge is 0.201 e. The van der Waals surface area contributed by atoms with Crippen LogP contribution < -0.4 is 5.32 Å². The molecule has 2 heterocycles. The molecule has 29 heavy (non-hydrogen) atoms. The summed E-state index contributed by atoms with van der Waals surface area (Å²) in [6.45, 7) is 0. The molecule has 5 aromatic rings. The third-order valence-corrected chi connectivity index (χ3v) is 5.63. The molecule has 0 spiro atoms. The lowest BCUT2D eigenvalue weighted by Gasteiger charge is -2.28. The van der Waals surface area contributed by atoms with Gasteiger partial charge in [-0.05, 0) is 18.2 Å². The summed E-state index contributed by atoms with van der Waals surface area (Å²) in [5.74, 6) is 0. The minimum absolute atomic E-state index is 0.218. The van der Waals surface area contributed by atoms with Gasteiger partial charge in [0.15, 0.2) is 0 Å². The van der Waals surface area contributed by atoms with E-state index < -0.39 is 0 Å². The molecule has 138 valence electrons. The van der Waals surface area contributed by atoms with Crippen LogP contribution in [0.2, 0.25) is 0 Å². The number of aromatic nitrogens is 1. The topological polar surface area (TPSA) is 29.3 Å². The normalized spacial score (nSPS) is 15.7. The van der Waals surface area contributed by atoms with E-state index in [4.69, 9.17) is 4.99 Å². The number of benzene rings is 4. The zero-order chi connectivity index (χ0) is 19.2. The molecule has 3 heteroatoms. The predicted molar refractivity (Wildman–Crippen MR) is 121 cm³/mol. The van der Waals surface area contributed by atoms with Crippen LogP contribution in [0.1, 0.15) is 17.4 Å². The molecule has 1 atom stereocenters. The lowest BCUT2D eigenvalue weighted by atomic mass is 9.99. The van der Waals surface area contributed by atoms with E-state index in [2.05, 4.69) is 107 Å². The molecule has 0 radical (unpaired) electrons. The van der Waals surface area contributed by atoms with E-state index in [0.29, 0.717) is 0 Å². The third-order valence-electron chi connectivity index (χ3n) is 5.63. The van der Waals surface area contributed by atoms with Crippen molar-refractivity contribution in [3.05, 3.63) is 114 Å². The second kappa shape index (κ2) is 6.35. The zero-order valence-corrected chi connectivity index (χ0v) is 15.8. The van der Waals surface area contributed by atoms with Gasteiger partial charge in [-0.25, -0.2) is 4.99 Å². The highest BCUT2D eigenvalue weighted by Gasteiger charge is 2.24. The van der Waals surface area contributed by atoms with E-state index in [1.165, 1.54) is 21.8 Å². The minimum Gasteiger partial charge on any atom is -0.346 e. The molecule has 6 rings (SSSR count). The predicted octanol–water partition coefficient (Wildman–Crippen LogP) is 6.21. The highest BCUT2D eigenvalue weighted by atomic mass is 15.3. The Balaban J connectivity index is 1.64. The van der Waals surface area contributed by atoms with Gasteiger partial charge in [0, 0.05) is 27.6 Å². The van der Waals surface area contributed by atoms with E-state index in [1.807, 2.05) is 6.07 Å². The summed E-state index contributed by atoms with van der Waals surface area (Å²) in [7, 11) is 0. The van der Waals surface area contributed by atoms with Crippen molar-refractivity contribution in [2.75, 3.05) is 5.32 Å². The van der Waals surface area contributed by atoms with Crippen LogP contribution in [0.4, 0.5) is 5.69 Å². The molecule has 0 bridgehead atoms. The first-order valence-corrected chi connectivity index (χ1v) is 9.87. The highest BCUT2D eigenvalue weighted by Crippen LogP contribution is 2.36. The maximum absolute atomic E-state index is 5.20. The summed E-state index contributed by atoms with van der Waals surface area (Å²) in [5, 5.41) is 6.16. The van der Waals surface area contributed by atoms with Gasteiger partial charge in [-0.1, -0.05) is 84.9 Å². The Morgan fingerprint density at radius 2 is 1.21 bits per heavy atom. The first-order chi connectivity index (χ1) is 14.4. The van der Waals surface area contributed by atoms with Crippen LogP contribution in [0.5, 0.6) is 0 Å². The number of para-hydroxylation sites is 3. The van der Waals surface area contributed by atoms with Crippen LogP contribution in [0.25, 0.3) is 21.8 Å². The number of hydrogen-bond acceptors (Lipinski definition) is 2. The van der Waals surface area contributed by atoms with Gasteiger partial charge in [0.2, 0.25) is 6.29 Å². The van der Waals surface area contributed by atoms with Crippen LogP contribution in [-0.4, -0.2) is 10.3 Å². The molecule has 0 fully saturated rings. The van der Waals surface area contributed by atoms with Crippen molar-refractivity contribution in [1.29, 1.82) is 0 Å². The Morgan fingerprint density at radius 3 is 1.93 bits per heavy atom. The first kappa shape index (κ1) is 16.1. The van der Waals surface area contributed by atoms with Crippen molar-refractivity contribution >= 4 is 33.2 Å². The summed E-state index contributed by atoms with van der Waals surface area (Å²) < 4.78 is 2.31. The number of anilines is 1. The van der Waals surface area contributed by atoms with Gasteiger partial charge in [0.05, 0.1) is 16.7 Å². The fourth-order valence-electron chi connectivity index (χ4n) is 4.34. The molecule has 1 N–H and O–H groups in total. The molecule has 4 aromatic carbocycles. The molecule has 1 aliphatic rings. The summed E-state index contributed by atoms with van der Waals surface area (Å²) in [4.78, 5) is 5.20. The molecule has 3 nitrogen and oxygen atoms in total. The Bertz CT molecular complexity index is 1330. The van der Waals surface area contributed by atoms with Gasteiger partial charge in [-0.2, -0.15) is 0 Å². The quantitative estimate of drug-likeness (QED) is 0.391. The zero-order valence-electron chi connectivity index (χ0n) is 15.8. The van der Waals surface area contributed by atoms with E-state index in [9.17, 15) is 0 Å². The van der Waals surface area contributed by atoms with Crippen LogP contribution in [0.3, 0.4) is 0 Å². The molecule has 1 unspecified atom stereocenters.